The van der Waals surface area contributed by atoms with E-state index < -0.39 is 48.2 Å². The maximum atomic E-state index is 14.4. The van der Waals surface area contributed by atoms with Crippen LogP contribution in [-0.4, -0.2) is 93.7 Å². The number of ether oxygens (including phenoxy) is 1. The highest BCUT2D eigenvalue weighted by Gasteiger charge is 2.55. The molecule has 0 bridgehead atoms. The van der Waals surface area contributed by atoms with Crippen LogP contribution >= 0.6 is 0 Å². The van der Waals surface area contributed by atoms with E-state index in [9.17, 15) is 29.1 Å². The van der Waals surface area contributed by atoms with Crippen LogP contribution in [0.4, 0.5) is 4.79 Å². The maximum Gasteiger partial charge on any atom is 0.436 e. The summed E-state index contributed by atoms with van der Waals surface area (Å²) in [5.41, 5.74) is 7.31. The van der Waals surface area contributed by atoms with Crippen molar-refractivity contribution in [3.8, 4) is 5.75 Å². The lowest BCUT2D eigenvalue weighted by molar-refractivity contribution is -0.267. The number of hydroxylamine groups is 2. The Hall–Kier alpha value is -4.65. The molecule has 2 saturated heterocycles. The minimum atomic E-state index is -1.18. The molecule has 2 aliphatic rings. The van der Waals surface area contributed by atoms with Gasteiger partial charge < -0.3 is 30.7 Å². The second-order valence-corrected chi connectivity index (χ2v) is 13.4. The van der Waals surface area contributed by atoms with E-state index in [0.29, 0.717) is 32.2 Å². The van der Waals surface area contributed by atoms with Crippen molar-refractivity contribution in [3.63, 3.8) is 0 Å². The van der Waals surface area contributed by atoms with Crippen LogP contribution in [0.15, 0.2) is 54.6 Å². The van der Waals surface area contributed by atoms with E-state index >= 15 is 0 Å². The predicted octanol–water partition coefficient (Wildman–Crippen LogP) is 3.67. The molecule has 1 unspecified atom stereocenters. The van der Waals surface area contributed by atoms with Crippen LogP contribution in [0.2, 0.25) is 0 Å². The fraction of sp³-hybridized carbons (Fsp3) is 0.541. The summed E-state index contributed by atoms with van der Waals surface area (Å²) in [4.78, 5) is 76.9. The van der Waals surface area contributed by atoms with Gasteiger partial charge in [-0.1, -0.05) is 76.1 Å². The van der Waals surface area contributed by atoms with Crippen molar-refractivity contribution in [2.24, 2.45) is 11.7 Å². The number of phenols is 1. The van der Waals surface area contributed by atoms with Gasteiger partial charge in [0, 0.05) is 19.4 Å². The molecule has 4 N–H and O–H groups in total. The smallest absolute Gasteiger partial charge is 0.436 e. The number of primary amides is 1. The quantitative estimate of drug-likeness (QED) is 0.211. The van der Waals surface area contributed by atoms with Crippen molar-refractivity contribution in [2.45, 2.75) is 103 Å². The van der Waals surface area contributed by atoms with Crippen molar-refractivity contribution in [1.82, 2.24) is 20.2 Å². The molecule has 13 heteroatoms. The van der Waals surface area contributed by atoms with Crippen LogP contribution in [0.3, 0.4) is 0 Å². The molecule has 13 nitrogen and oxygen atoms in total. The van der Waals surface area contributed by atoms with Crippen molar-refractivity contribution < 1.29 is 38.7 Å². The van der Waals surface area contributed by atoms with Gasteiger partial charge in [0.25, 0.3) is 5.91 Å². The molecule has 0 radical (unpaired) electrons. The number of carbonyl (C=O) groups is 5. The Labute approximate surface area is 294 Å². The minimum Gasteiger partial charge on any atom is -0.508 e. The number of aromatic hydroxyl groups is 1. The summed E-state index contributed by atoms with van der Waals surface area (Å²) in [5.74, 6) is -1.83. The third kappa shape index (κ3) is 10.2. The maximum absolute atomic E-state index is 14.4. The molecule has 2 aromatic carbocycles. The molecular formula is C37H51N5O8. The Morgan fingerprint density at radius 2 is 1.72 bits per heavy atom. The number of nitrogens with zero attached hydrogens (tertiary/aromatic N) is 3. The molecule has 2 fully saturated rings. The van der Waals surface area contributed by atoms with E-state index in [1.807, 2.05) is 63.2 Å². The molecule has 2 aromatic rings. The lowest BCUT2D eigenvalue weighted by Crippen LogP contribution is -2.75. The molecule has 0 spiro atoms. The number of hydrogen-bond acceptors (Lipinski definition) is 8. The number of nitrogens with two attached hydrogens (primary N) is 1. The molecule has 2 heterocycles. The lowest BCUT2D eigenvalue weighted by atomic mass is 9.95. The minimum absolute atomic E-state index is 0.0109. The number of benzene rings is 2. The highest BCUT2D eigenvalue weighted by atomic mass is 16.7. The molecule has 0 aliphatic carbocycles. The standard InChI is InChI=1S/C37H51N5O8/c1-4-5-9-21-49-37(48)42-33-24-40(30(22-25(2)3)34(45)39-20-10-13-26-14-16-28(43)17-15-26)35(46)29(18-19-32(38)44)41(33)36(47)31(50-42)23-27-11-7-6-8-12-27/h6-8,11-12,14-17,25,29-31,33,43H,4-5,9-10,13,18-24H2,1-3H3,(H2,38,44)(H,39,45)/t29-,30-,31+,33?/m0/s1. The predicted molar refractivity (Wildman–Crippen MR) is 185 cm³/mol. The fourth-order valence-electron chi connectivity index (χ4n) is 6.40. The summed E-state index contributed by atoms with van der Waals surface area (Å²) < 4.78 is 5.60. The number of hydrogen-bond donors (Lipinski definition) is 3. The Kier molecular flexibility index (Phi) is 14.0. The Morgan fingerprint density at radius 3 is 2.38 bits per heavy atom. The molecular weight excluding hydrogens is 642 g/mol. The second kappa shape index (κ2) is 18.4. The van der Waals surface area contributed by atoms with E-state index in [1.54, 1.807) is 12.1 Å². The molecule has 50 heavy (non-hydrogen) atoms. The van der Waals surface area contributed by atoms with Crippen LogP contribution in [0.1, 0.15) is 76.8 Å². The average Bonchev–Trinajstić information content (AvgIpc) is 3.09. The SMILES string of the molecule is CCCCCOC(=O)N1O[C@H](Cc2ccccc2)C(=O)N2C1CN([C@@H](CC(C)C)C(=O)NCCCc1ccc(O)cc1)C(=O)[C@@H]2CCC(N)=O. The number of phenolic OH excluding ortho intramolecular Hbond substituents is 1. The molecule has 0 aromatic heterocycles. The van der Waals surface area contributed by atoms with Crippen LogP contribution in [-0.2, 0) is 41.6 Å². The number of carbonyl (C=O) groups excluding carboxylic acids is 5. The average molecular weight is 694 g/mol. The first kappa shape index (κ1) is 38.2. The largest absolute Gasteiger partial charge is 0.508 e. The van der Waals surface area contributed by atoms with Gasteiger partial charge in [-0.15, -0.1) is 0 Å². The third-order valence-corrected chi connectivity index (χ3v) is 8.96. The molecule has 0 saturated carbocycles. The van der Waals surface area contributed by atoms with Gasteiger partial charge in [-0.2, -0.15) is 5.06 Å². The summed E-state index contributed by atoms with van der Waals surface area (Å²) in [5, 5.41) is 13.5. The highest BCUT2D eigenvalue weighted by Crippen LogP contribution is 2.33. The summed E-state index contributed by atoms with van der Waals surface area (Å²) >= 11 is 0. The zero-order chi connectivity index (χ0) is 36.2. The number of fused-ring (bicyclic) bond motifs is 1. The second-order valence-electron chi connectivity index (χ2n) is 13.4. The summed E-state index contributed by atoms with van der Waals surface area (Å²) in [6.07, 6.45) is 0.837. The number of piperazine rings is 1. The van der Waals surface area contributed by atoms with Crippen molar-refractivity contribution >= 4 is 29.7 Å². The normalized spacial score (nSPS) is 19.7. The van der Waals surface area contributed by atoms with E-state index in [1.165, 1.54) is 9.80 Å². The number of aryl methyl sites for hydroxylation is 1. The molecule has 5 amide bonds. The van der Waals surface area contributed by atoms with E-state index in [0.717, 1.165) is 29.0 Å². The molecule has 272 valence electrons. The first-order valence-corrected chi connectivity index (χ1v) is 17.6. The van der Waals surface area contributed by atoms with E-state index in [-0.39, 0.29) is 50.0 Å². The van der Waals surface area contributed by atoms with Crippen LogP contribution in [0.25, 0.3) is 0 Å². The van der Waals surface area contributed by atoms with E-state index in [2.05, 4.69) is 5.32 Å². The molecule has 4 atom stereocenters. The third-order valence-electron chi connectivity index (χ3n) is 8.96. The van der Waals surface area contributed by atoms with Gasteiger partial charge in [0.1, 0.15) is 17.8 Å². The van der Waals surface area contributed by atoms with Crippen molar-refractivity contribution in [2.75, 3.05) is 19.7 Å². The van der Waals surface area contributed by atoms with Crippen LogP contribution < -0.4 is 11.1 Å². The first-order chi connectivity index (χ1) is 24.0. The van der Waals surface area contributed by atoms with Crippen molar-refractivity contribution in [3.05, 3.63) is 65.7 Å². The zero-order valence-electron chi connectivity index (χ0n) is 29.3. The lowest BCUT2D eigenvalue weighted by Gasteiger charge is -2.53. The monoisotopic (exact) mass is 693 g/mol. The van der Waals surface area contributed by atoms with Gasteiger partial charge in [-0.25, -0.2) is 4.79 Å². The highest BCUT2D eigenvalue weighted by molar-refractivity contribution is 5.95. The van der Waals surface area contributed by atoms with Crippen LogP contribution in [0.5, 0.6) is 5.75 Å². The topological polar surface area (TPSA) is 172 Å². The number of nitrogens with one attached hydrogen (secondary N) is 1. The zero-order valence-corrected chi connectivity index (χ0v) is 29.3. The summed E-state index contributed by atoms with van der Waals surface area (Å²) in [7, 11) is 0. The van der Waals surface area contributed by atoms with Gasteiger partial charge in [0.2, 0.25) is 17.7 Å². The Balaban J connectivity index is 1.62. The van der Waals surface area contributed by atoms with Gasteiger partial charge in [-0.05, 0) is 61.3 Å². The van der Waals surface area contributed by atoms with E-state index in [4.69, 9.17) is 15.3 Å². The van der Waals surface area contributed by atoms with Gasteiger partial charge in [0.15, 0.2) is 12.3 Å². The van der Waals surface area contributed by atoms with Gasteiger partial charge in [0.05, 0.1) is 13.2 Å². The number of amides is 5. The molecule has 2 aliphatic heterocycles. The van der Waals surface area contributed by atoms with Gasteiger partial charge in [-0.3, -0.25) is 24.0 Å². The first-order valence-electron chi connectivity index (χ1n) is 17.6. The Bertz CT molecular complexity index is 1450. The van der Waals surface area contributed by atoms with Gasteiger partial charge >= 0.3 is 6.09 Å². The summed E-state index contributed by atoms with van der Waals surface area (Å²) in [6, 6.07) is 13.9. The fourth-order valence-corrected chi connectivity index (χ4v) is 6.40. The molecule has 4 rings (SSSR count). The van der Waals surface area contributed by atoms with Crippen LogP contribution in [0, 0.1) is 5.92 Å². The Morgan fingerprint density at radius 1 is 1.00 bits per heavy atom. The number of unbranched alkanes of at least 4 members (excludes halogenated alkanes) is 2. The summed E-state index contributed by atoms with van der Waals surface area (Å²) in [6.45, 7) is 6.21. The number of rotatable bonds is 17. The van der Waals surface area contributed by atoms with Crippen molar-refractivity contribution in [1.29, 1.82) is 0 Å².